The second-order valence-corrected chi connectivity index (χ2v) is 12.1. The Labute approximate surface area is 223 Å². The van der Waals surface area contributed by atoms with Gasteiger partial charge in [0.1, 0.15) is 23.9 Å². The SMILES string of the molecule is COc1ccc(F)c(-c2ccc(COc3ccc4c(c3)C3(CC4)CC3C(=O)O)cc2C2CCCC2(C)C)c1. The molecule has 3 aliphatic rings. The minimum absolute atomic E-state index is 0.128. The molecule has 0 aliphatic heterocycles. The summed E-state index contributed by atoms with van der Waals surface area (Å²) in [4.78, 5) is 11.6. The van der Waals surface area contributed by atoms with Gasteiger partial charge in [-0.1, -0.05) is 44.5 Å². The Morgan fingerprint density at radius 2 is 1.84 bits per heavy atom. The number of aliphatic carboxylic acids is 1. The maximum absolute atomic E-state index is 15.1. The molecular formula is C33H35FO4. The highest BCUT2D eigenvalue weighted by molar-refractivity contribution is 5.78. The number of halogens is 1. The van der Waals surface area contributed by atoms with E-state index >= 15 is 4.39 Å². The van der Waals surface area contributed by atoms with Gasteiger partial charge in [0.15, 0.2) is 0 Å². The van der Waals surface area contributed by atoms with Gasteiger partial charge in [-0.15, -0.1) is 0 Å². The van der Waals surface area contributed by atoms with Crippen molar-refractivity contribution >= 4 is 5.97 Å². The monoisotopic (exact) mass is 514 g/mol. The summed E-state index contributed by atoms with van der Waals surface area (Å²) in [5.74, 6) is 0.511. The molecule has 0 aromatic heterocycles. The average Bonchev–Trinajstić information content (AvgIpc) is 3.39. The highest BCUT2D eigenvalue weighted by atomic mass is 19.1. The van der Waals surface area contributed by atoms with Crippen LogP contribution >= 0.6 is 0 Å². The Hall–Kier alpha value is -3.34. The molecule has 3 unspecified atom stereocenters. The molecule has 3 aliphatic carbocycles. The predicted molar refractivity (Wildman–Crippen MR) is 145 cm³/mol. The molecule has 2 fully saturated rings. The Kier molecular flexibility index (Phi) is 6.01. The van der Waals surface area contributed by atoms with Crippen LogP contribution in [0.1, 0.15) is 74.1 Å². The van der Waals surface area contributed by atoms with Gasteiger partial charge in [0.25, 0.3) is 0 Å². The highest BCUT2D eigenvalue weighted by Crippen LogP contribution is 2.62. The maximum Gasteiger partial charge on any atom is 0.307 e. The molecule has 38 heavy (non-hydrogen) atoms. The molecule has 198 valence electrons. The van der Waals surface area contributed by atoms with Crippen LogP contribution in [0.3, 0.4) is 0 Å². The lowest BCUT2D eigenvalue weighted by molar-refractivity contribution is -0.139. The van der Waals surface area contributed by atoms with Crippen molar-refractivity contribution in [1.82, 2.24) is 0 Å². The zero-order valence-corrected chi connectivity index (χ0v) is 22.4. The van der Waals surface area contributed by atoms with E-state index in [0.717, 1.165) is 66.5 Å². The van der Waals surface area contributed by atoms with E-state index in [1.54, 1.807) is 19.2 Å². The number of methoxy groups -OCH3 is 1. The van der Waals surface area contributed by atoms with Crippen LogP contribution in [0.25, 0.3) is 11.1 Å². The largest absolute Gasteiger partial charge is 0.497 e. The van der Waals surface area contributed by atoms with E-state index in [0.29, 0.717) is 23.8 Å². The molecule has 5 heteroatoms. The number of carboxylic acids is 1. The first-order valence-corrected chi connectivity index (χ1v) is 13.7. The van der Waals surface area contributed by atoms with E-state index in [-0.39, 0.29) is 22.6 Å². The topological polar surface area (TPSA) is 55.8 Å². The Morgan fingerprint density at radius 1 is 1.03 bits per heavy atom. The summed E-state index contributed by atoms with van der Waals surface area (Å²) in [7, 11) is 1.60. The molecule has 6 rings (SSSR count). The Morgan fingerprint density at radius 3 is 2.55 bits per heavy atom. The zero-order valence-electron chi connectivity index (χ0n) is 22.4. The molecule has 4 nitrogen and oxygen atoms in total. The fraction of sp³-hybridized carbons (Fsp3) is 0.424. The van der Waals surface area contributed by atoms with Crippen LogP contribution in [0.15, 0.2) is 54.6 Å². The number of hydrogen-bond acceptors (Lipinski definition) is 3. The fourth-order valence-electron chi connectivity index (χ4n) is 7.17. The fourth-order valence-corrected chi connectivity index (χ4v) is 7.17. The van der Waals surface area contributed by atoms with Gasteiger partial charge in [0, 0.05) is 11.0 Å². The van der Waals surface area contributed by atoms with E-state index in [1.165, 1.54) is 11.6 Å². The lowest BCUT2D eigenvalue weighted by atomic mass is 9.75. The normalized spacial score (nSPS) is 24.8. The summed E-state index contributed by atoms with van der Waals surface area (Å²) in [6, 6.07) is 17.3. The third-order valence-electron chi connectivity index (χ3n) is 9.45. The summed E-state index contributed by atoms with van der Waals surface area (Å²) in [6.07, 6.45) is 5.95. The van der Waals surface area contributed by atoms with Gasteiger partial charge in [-0.3, -0.25) is 4.79 Å². The van der Waals surface area contributed by atoms with Crippen molar-refractivity contribution in [3.05, 3.63) is 82.7 Å². The quantitative estimate of drug-likeness (QED) is 0.352. The Balaban J connectivity index is 1.30. The second-order valence-electron chi connectivity index (χ2n) is 12.1. The van der Waals surface area contributed by atoms with Gasteiger partial charge in [-0.25, -0.2) is 4.39 Å². The minimum Gasteiger partial charge on any atom is -0.497 e. The molecular weight excluding hydrogens is 479 g/mol. The van der Waals surface area contributed by atoms with Gasteiger partial charge in [0.2, 0.25) is 0 Å². The van der Waals surface area contributed by atoms with Crippen molar-refractivity contribution in [2.75, 3.05) is 7.11 Å². The van der Waals surface area contributed by atoms with Crippen molar-refractivity contribution in [1.29, 1.82) is 0 Å². The molecule has 0 saturated heterocycles. The number of hydrogen-bond donors (Lipinski definition) is 1. The molecule has 1 spiro atoms. The summed E-state index contributed by atoms with van der Waals surface area (Å²) in [5.41, 5.74) is 6.01. The smallest absolute Gasteiger partial charge is 0.307 e. The van der Waals surface area contributed by atoms with Crippen LogP contribution in [0.5, 0.6) is 11.5 Å². The second kappa shape index (κ2) is 9.14. The lowest BCUT2D eigenvalue weighted by Gasteiger charge is -2.30. The van der Waals surface area contributed by atoms with Crippen LogP contribution in [0.2, 0.25) is 0 Å². The number of rotatable bonds is 7. The van der Waals surface area contributed by atoms with Crippen LogP contribution in [0, 0.1) is 17.2 Å². The van der Waals surface area contributed by atoms with Crippen LogP contribution < -0.4 is 9.47 Å². The van der Waals surface area contributed by atoms with E-state index in [2.05, 4.69) is 32.0 Å². The maximum atomic E-state index is 15.1. The first-order chi connectivity index (χ1) is 18.2. The number of aryl methyl sites for hydroxylation is 1. The number of carboxylic acid groups (broad SMARTS) is 1. The van der Waals surface area contributed by atoms with E-state index in [4.69, 9.17) is 9.47 Å². The predicted octanol–water partition coefficient (Wildman–Crippen LogP) is 7.66. The summed E-state index contributed by atoms with van der Waals surface area (Å²) >= 11 is 0. The van der Waals surface area contributed by atoms with E-state index in [9.17, 15) is 9.90 Å². The van der Waals surface area contributed by atoms with E-state index < -0.39 is 5.97 Å². The molecule has 1 N–H and O–H groups in total. The summed E-state index contributed by atoms with van der Waals surface area (Å²) in [6.45, 7) is 5.01. The number of benzene rings is 3. The Bertz CT molecular complexity index is 1410. The van der Waals surface area contributed by atoms with Gasteiger partial charge in [-0.2, -0.15) is 0 Å². The van der Waals surface area contributed by atoms with Crippen molar-refractivity contribution in [3.8, 4) is 22.6 Å². The van der Waals surface area contributed by atoms with Crippen molar-refractivity contribution in [2.24, 2.45) is 11.3 Å². The van der Waals surface area contributed by atoms with Crippen LogP contribution in [-0.2, 0) is 23.2 Å². The van der Waals surface area contributed by atoms with Gasteiger partial charge in [0.05, 0.1) is 13.0 Å². The minimum atomic E-state index is -0.695. The van der Waals surface area contributed by atoms with Crippen LogP contribution in [0.4, 0.5) is 4.39 Å². The standard InChI is InChI=1S/C33H35FO4/c1-32(2)13-4-5-27(32)25-15-20(6-10-24(25)26-16-22(37-3)9-11-30(26)34)19-38-23-8-7-21-12-14-33(28(21)17-23)18-29(33)31(35)36/h6-11,15-17,27,29H,4-5,12-14,18-19H2,1-3H3,(H,35,36). The first-order valence-electron chi connectivity index (χ1n) is 13.7. The third-order valence-corrected chi connectivity index (χ3v) is 9.45. The number of ether oxygens (including phenoxy) is 2. The molecule has 2 saturated carbocycles. The molecule has 0 amide bonds. The highest BCUT2D eigenvalue weighted by Gasteiger charge is 2.61. The van der Waals surface area contributed by atoms with Crippen molar-refractivity contribution in [3.63, 3.8) is 0 Å². The van der Waals surface area contributed by atoms with Gasteiger partial charge in [-0.05, 0) is 102 Å². The van der Waals surface area contributed by atoms with Crippen molar-refractivity contribution < 1.29 is 23.8 Å². The number of carbonyl (C=O) groups is 1. The molecule has 0 heterocycles. The first kappa shape index (κ1) is 25.0. The van der Waals surface area contributed by atoms with Crippen molar-refractivity contribution in [2.45, 2.75) is 70.3 Å². The van der Waals surface area contributed by atoms with Crippen LogP contribution in [-0.4, -0.2) is 18.2 Å². The van der Waals surface area contributed by atoms with Gasteiger partial charge >= 0.3 is 5.97 Å². The third kappa shape index (κ3) is 4.16. The molecule has 3 aromatic carbocycles. The summed E-state index contributed by atoms with van der Waals surface area (Å²) in [5, 5.41) is 9.57. The lowest BCUT2D eigenvalue weighted by Crippen LogP contribution is -2.17. The number of fused-ring (bicyclic) bond motifs is 2. The molecule has 3 atom stereocenters. The molecule has 3 aromatic rings. The molecule has 0 bridgehead atoms. The molecule has 0 radical (unpaired) electrons. The van der Waals surface area contributed by atoms with Gasteiger partial charge < -0.3 is 14.6 Å². The zero-order chi connectivity index (χ0) is 26.7. The van der Waals surface area contributed by atoms with E-state index in [1.807, 2.05) is 18.2 Å². The summed E-state index contributed by atoms with van der Waals surface area (Å²) < 4.78 is 26.7. The average molecular weight is 515 g/mol.